The van der Waals surface area contributed by atoms with Gasteiger partial charge in [0.05, 0.1) is 12.7 Å². The van der Waals surface area contributed by atoms with E-state index in [2.05, 4.69) is 10.6 Å². The van der Waals surface area contributed by atoms with E-state index in [1.54, 1.807) is 0 Å². The van der Waals surface area contributed by atoms with Crippen LogP contribution in [-0.4, -0.2) is 37.7 Å². The maximum Gasteiger partial charge on any atom is 0.239 e. The molecule has 0 spiro atoms. The summed E-state index contributed by atoms with van der Waals surface area (Å²) >= 11 is 0. The third kappa shape index (κ3) is 3.30. The highest BCUT2D eigenvalue weighted by molar-refractivity contribution is 5.82. The number of halogens is 2. The number of amides is 1. The van der Waals surface area contributed by atoms with Gasteiger partial charge >= 0.3 is 0 Å². The van der Waals surface area contributed by atoms with E-state index in [1.165, 1.54) is 18.2 Å². The maximum atomic E-state index is 14.3. The molecule has 4 nitrogen and oxygen atoms in total. The van der Waals surface area contributed by atoms with Gasteiger partial charge in [0.25, 0.3) is 0 Å². The van der Waals surface area contributed by atoms with Crippen LogP contribution in [0, 0.1) is 11.6 Å². The molecule has 0 aromatic heterocycles. The first-order valence-corrected chi connectivity index (χ1v) is 8.61. The second-order valence-corrected chi connectivity index (χ2v) is 6.81. The summed E-state index contributed by atoms with van der Waals surface area (Å²) in [7, 11) is 0. The van der Waals surface area contributed by atoms with Crippen LogP contribution in [0.15, 0.2) is 18.2 Å². The van der Waals surface area contributed by atoms with Gasteiger partial charge in [0.2, 0.25) is 5.91 Å². The summed E-state index contributed by atoms with van der Waals surface area (Å²) in [6, 6.07) is 3.53. The molecule has 2 atom stereocenters. The van der Waals surface area contributed by atoms with Crippen molar-refractivity contribution in [3.05, 3.63) is 35.4 Å². The van der Waals surface area contributed by atoms with Crippen LogP contribution in [0.1, 0.15) is 38.2 Å². The lowest BCUT2D eigenvalue weighted by Crippen LogP contribution is -2.56. The van der Waals surface area contributed by atoms with Crippen molar-refractivity contribution in [2.45, 2.75) is 50.2 Å². The lowest BCUT2D eigenvalue weighted by Gasteiger charge is -2.33. The van der Waals surface area contributed by atoms with Crippen LogP contribution in [0.2, 0.25) is 0 Å². The zero-order chi connectivity index (χ0) is 17.2. The van der Waals surface area contributed by atoms with Crippen molar-refractivity contribution < 1.29 is 18.3 Å². The van der Waals surface area contributed by atoms with E-state index in [9.17, 15) is 13.6 Å². The number of benzene rings is 1. The first-order chi connectivity index (χ1) is 11.5. The van der Waals surface area contributed by atoms with Crippen molar-refractivity contribution in [2.75, 3.05) is 19.7 Å². The zero-order valence-corrected chi connectivity index (χ0v) is 13.9. The summed E-state index contributed by atoms with van der Waals surface area (Å²) in [5, 5.41) is 6.04. The molecule has 1 aliphatic heterocycles. The number of carbonyl (C=O) groups is 1. The van der Waals surface area contributed by atoms with Crippen LogP contribution in [0.3, 0.4) is 0 Å². The molecule has 132 valence electrons. The quantitative estimate of drug-likeness (QED) is 0.885. The summed E-state index contributed by atoms with van der Waals surface area (Å²) in [5.41, 5.74) is -0.548. The molecule has 1 amide bonds. The van der Waals surface area contributed by atoms with Crippen LogP contribution >= 0.6 is 0 Å². The average molecular weight is 338 g/mol. The highest BCUT2D eigenvalue weighted by Crippen LogP contribution is 2.42. The predicted octanol–water partition coefficient (Wildman–Crippen LogP) is 2.27. The molecule has 2 aliphatic rings. The minimum Gasteiger partial charge on any atom is -0.375 e. The Bertz CT molecular complexity index is 582. The lowest BCUT2D eigenvalue weighted by atomic mass is 9.78. The average Bonchev–Trinajstić information content (AvgIpc) is 3.03. The Morgan fingerprint density at radius 2 is 2.00 bits per heavy atom. The Morgan fingerprint density at radius 3 is 2.62 bits per heavy atom. The van der Waals surface area contributed by atoms with Gasteiger partial charge in [-0.05, 0) is 31.9 Å². The van der Waals surface area contributed by atoms with Gasteiger partial charge in [-0.15, -0.1) is 0 Å². The SMILES string of the molecule is C[C@H]1OCCN[C@@H]1C(=O)NCC1(c2c(F)cccc2F)CCCC1. The third-order valence-electron chi connectivity index (χ3n) is 5.25. The fourth-order valence-electron chi connectivity index (χ4n) is 3.96. The molecule has 1 aromatic carbocycles. The molecule has 2 N–H and O–H groups in total. The minimum absolute atomic E-state index is 0.115. The lowest BCUT2D eigenvalue weighted by molar-refractivity contribution is -0.129. The van der Waals surface area contributed by atoms with Crippen molar-refractivity contribution in [3.8, 4) is 0 Å². The van der Waals surface area contributed by atoms with E-state index < -0.39 is 23.1 Å². The Labute approximate surface area is 141 Å². The van der Waals surface area contributed by atoms with Crippen molar-refractivity contribution in [1.82, 2.24) is 10.6 Å². The number of morpholine rings is 1. The Hall–Kier alpha value is -1.53. The highest BCUT2D eigenvalue weighted by atomic mass is 19.1. The molecule has 0 radical (unpaired) electrons. The largest absolute Gasteiger partial charge is 0.375 e. The smallest absolute Gasteiger partial charge is 0.239 e. The van der Waals surface area contributed by atoms with Crippen LogP contribution in [0.4, 0.5) is 8.78 Å². The molecular weight excluding hydrogens is 314 g/mol. The van der Waals surface area contributed by atoms with E-state index in [0.717, 1.165) is 12.8 Å². The topological polar surface area (TPSA) is 50.4 Å². The molecule has 1 saturated heterocycles. The third-order valence-corrected chi connectivity index (χ3v) is 5.25. The normalized spacial score (nSPS) is 26.3. The van der Waals surface area contributed by atoms with Crippen LogP contribution in [-0.2, 0) is 14.9 Å². The summed E-state index contributed by atoms with van der Waals surface area (Å²) in [5.74, 6) is -1.23. The molecule has 1 aromatic rings. The molecular formula is C18H24F2N2O2. The van der Waals surface area contributed by atoms with Gasteiger partial charge < -0.3 is 15.4 Å². The van der Waals surface area contributed by atoms with Crippen molar-refractivity contribution >= 4 is 5.91 Å². The second kappa shape index (κ2) is 7.15. The van der Waals surface area contributed by atoms with Gasteiger partial charge in [0, 0.05) is 24.1 Å². The monoisotopic (exact) mass is 338 g/mol. The number of rotatable bonds is 4. The van der Waals surface area contributed by atoms with Gasteiger partial charge in [-0.25, -0.2) is 8.78 Å². The Balaban J connectivity index is 1.76. The van der Waals surface area contributed by atoms with Gasteiger partial charge in [-0.2, -0.15) is 0 Å². The van der Waals surface area contributed by atoms with Crippen molar-refractivity contribution in [2.24, 2.45) is 0 Å². The maximum absolute atomic E-state index is 14.3. The van der Waals surface area contributed by atoms with Crippen LogP contribution in [0.5, 0.6) is 0 Å². The highest BCUT2D eigenvalue weighted by Gasteiger charge is 2.41. The number of ether oxygens (including phenoxy) is 1. The Morgan fingerprint density at radius 1 is 1.33 bits per heavy atom. The van der Waals surface area contributed by atoms with Gasteiger partial charge in [-0.1, -0.05) is 18.9 Å². The molecule has 0 unspecified atom stereocenters. The number of nitrogens with one attached hydrogen (secondary N) is 2. The number of hydrogen-bond donors (Lipinski definition) is 2. The predicted molar refractivity (Wildman–Crippen MR) is 86.7 cm³/mol. The number of hydrogen-bond acceptors (Lipinski definition) is 3. The molecule has 24 heavy (non-hydrogen) atoms. The molecule has 1 saturated carbocycles. The molecule has 6 heteroatoms. The van der Waals surface area contributed by atoms with E-state index in [1.807, 2.05) is 6.92 Å². The van der Waals surface area contributed by atoms with Gasteiger partial charge in [-0.3, -0.25) is 4.79 Å². The molecule has 3 rings (SSSR count). The first kappa shape index (κ1) is 17.3. The standard InChI is InChI=1S/C18H24F2N2O2/c1-12-16(21-9-10-24-12)17(23)22-11-18(7-2-3-8-18)15-13(19)5-4-6-14(15)20/h4-6,12,16,21H,2-3,7-11H2,1H3,(H,22,23)/t12-,16+/m1/s1. The van der Waals surface area contributed by atoms with E-state index in [0.29, 0.717) is 26.0 Å². The summed E-state index contributed by atoms with van der Waals surface area (Å²) in [6.07, 6.45) is 2.95. The molecule has 1 heterocycles. The van der Waals surface area contributed by atoms with Crippen molar-refractivity contribution in [3.63, 3.8) is 0 Å². The van der Waals surface area contributed by atoms with Gasteiger partial charge in [0.15, 0.2) is 0 Å². The van der Waals surface area contributed by atoms with Crippen LogP contribution < -0.4 is 10.6 Å². The van der Waals surface area contributed by atoms with Gasteiger partial charge in [0.1, 0.15) is 17.7 Å². The second-order valence-electron chi connectivity index (χ2n) is 6.81. The minimum atomic E-state index is -0.663. The fraction of sp³-hybridized carbons (Fsp3) is 0.611. The van der Waals surface area contributed by atoms with E-state index in [-0.39, 0.29) is 24.1 Å². The van der Waals surface area contributed by atoms with E-state index in [4.69, 9.17) is 4.74 Å². The molecule has 0 bridgehead atoms. The van der Waals surface area contributed by atoms with E-state index >= 15 is 0 Å². The summed E-state index contributed by atoms with van der Waals surface area (Å²) in [6.45, 7) is 3.29. The molecule has 2 fully saturated rings. The first-order valence-electron chi connectivity index (χ1n) is 8.61. The number of carbonyl (C=O) groups excluding carboxylic acids is 1. The summed E-state index contributed by atoms with van der Waals surface area (Å²) in [4.78, 5) is 12.5. The Kier molecular flexibility index (Phi) is 5.15. The van der Waals surface area contributed by atoms with Crippen molar-refractivity contribution in [1.29, 1.82) is 0 Å². The fourth-order valence-corrected chi connectivity index (χ4v) is 3.96. The zero-order valence-electron chi connectivity index (χ0n) is 13.9. The molecule has 1 aliphatic carbocycles. The summed E-state index contributed by atoms with van der Waals surface area (Å²) < 4.78 is 34.1. The van der Waals surface area contributed by atoms with Crippen LogP contribution in [0.25, 0.3) is 0 Å².